The molecule has 1 heterocycles. The van der Waals surface area contributed by atoms with E-state index in [9.17, 15) is 10.2 Å². The van der Waals surface area contributed by atoms with Crippen LogP contribution >= 0.6 is 0 Å². The number of rotatable bonds is 6. The van der Waals surface area contributed by atoms with Gasteiger partial charge in [-0.15, -0.1) is 0 Å². The molecular formula is C30H49N3O2. The van der Waals surface area contributed by atoms with Crippen molar-refractivity contribution in [2.75, 3.05) is 0 Å². The summed E-state index contributed by atoms with van der Waals surface area (Å²) >= 11 is 0. The first kappa shape index (κ1) is 24.4. The van der Waals surface area contributed by atoms with Gasteiger partial charge in [0.05, 0.1) is 12.2 Å². The molecule has 1 aromatic rings. The second kappa shape index (κ2) is 8.82. The van der Waals surface area contributed by atoms with Crippen molar-refractivity contribution in [3.05, 3.63) is 11.6 Å². The van der Waals surface area contributed by atoms with E-state index in [-0.39, 0.29) is 12.2 Å². The molecule has 5 nitrogen and oxygen atoms in total. The molecule has 5 aliphatic carbocycles. The molecule has 3 N–H and O–H groups in total. The van der Waals surface area contributed by atoms with Crippen LogP contribution in [0.5, 0.6) is 0 Å². The first-order valence-electron chi connectivity index (χ1n) is 15.0. The molecule has 6 rings (SSSR count). The Labute approximate surface area is 212 Å². The van der Waals surface area contributed by atoms with Crippen LogP contribution in [-0.2, 0) is 6.42 Å². The molecule has 0 aromatic carbocycles. The Hall–Kier alpha value is -0.940. The average molecular weight is 484 g/mol. The van der Waals surface area contributed by atoms with Gasteiger partial charge in [-0.25, -0.2) is 4.98 Å². The van der Waals surface area contributed by atoms with Crippen molar-refractivity contribution in [3.63, 3.8) is 0 Å². The highest BCUT2D eigenvalue weighted by Crippen LogP contribution is 2.69. The molecule has 0 spiro atoms. The molecule has 0 radical (unpaired) electrons. The number of aromatic nitrogens is 3. The molecule has 5 saturated carbocycles. The second-order valence-electron chi connectivity index (χ2n) is 14.1. The van der Waals surface area contributed by atoms with Crippen LogP contribution in [0.4, 0.5) is 0 Å². The molecular weight excluding hydrogens is 434 g/mol. The lowest BCUT2D eigenvalue weighted by Gasteiger charge is -2.64. The van der Waals surface area contributed by atoms with Gasteiger partial charge in [0.1, 0.15) is 5.82 Å². The van der Waals surface area contributed by atoms with E-state index in [1.807, 2.05) is 0 Å². The Balaban J connectivity index is 1.19. The third kappa shape index (κ3) is 3.85. The minimum atomic E-state index is -0.193. The monoisotopic (exact) mass is 483 g/mol. The zero-order valence-corrected chi connectivity index (χ0v) is 22.5. The molecule has 1 aromatic heterocycles. The number of aromatic amines is 1. The molecule has 5 aliphatic rings. The first-order chi connectivity index (χ1) is 16.8. The van der Waals surface area contributed by atoms with E-state index in [0.29, 0.717) is 52.3 Å². The van der Waals surface area contributed by atoms with E-state index in [0.717, 1.165) is 49.7 Å². The van der Waals surface area contributed by atoms with Crippen molar-refractivity contribution in [3.8, 4) is 0 Å². The standard InChI is InChI=1S/C30H49N3O2/c1-5-20-24-16-19(34)12-14-30(24,4)23-13-15-29(3)21(9-10-22(29)26(23)27(20)35)17(2)6-11-25-31-28(33-32-25)18-7-8-18/h17-24,26-27,34-35H,5-16H2,1-4H3,(H,31,32,33)/t17-,19-,20-,21?,22+,23+,24+,26+,27-,29-,30-/m1/s1. The predicted octanol–water partition coefficient (Wildman–Crippen LogP) is 5.88. The molecule has 1 unspecified atom stereocenters. The summed E-state index contributed by atoms with van der Waals surface area (Å²) in [6.45, 7) is 9.89. The van der Waals surface area contributed by atoms with Crippen molar-refractivity contribution < 1.29 is 10.2 Å². The molecule has 0 aliphatic heterocycles. The minimum Gasteiger partial charge on any atom is -0.393 e. The van der Waals surface area contributed by atoms with E-state index >= 15 is 0 Å². The summed E-state index contributed by atoms with van der Waals surface area (Å²) in [4.78, 5) is 4.78. The summed E-state index contributed by atoms with van der Waals surface area (Å²) in [6.07, 6.45) is 13.6. The van der Waals surface area contributed by atoms with Crippen molar-refractivity contribution in [2.24, 2.45) is 52.3 Å². The van der Waals surface area contributed by atoms with Gasteiger partial charge in [0.2, 0.25) is 0 Å². The highest BCUT2D eigenvalue weighted by Gasteiger charge is 2.64. The topological polar surface area (TPSA) is 82.0 Å². The maximum Gasteiger partial charge on any atom is 0.153 e. The molecule has 5 heteroatoms. The highest BCUT2D eigenvalue weighted by atomic mass is 16.3. The van der Waals surface area contributed by atoms with Crippen LogP contribution in [0.1, 0.15) is 116 Å². The summed E-state index contributed by atoms with van der Waals surface area (Å²) < 4.78 is 0. The Bertz CT molecular complexity index is 913. The van der Waals surface area contributed by atoms with Gasteiger partial charge in [-0.2, -0.15) is 5.10 Å². The molecule has 0 bridgehead atoms. The Kier molecular flexibility index (Phi) is 6.15. The summed E-state index contributed by atoms with van der Waals surface area (Å²) in [5.74, 6) is 6.70. The first-order valence-corrected chi connectivity index (χ1v) is 15.0. The van der Waals surface area contributed by atoms with Crippen LogP contribution in [-0.4, -0.2) is 37.6 Å². The third-order valence-corrected chi connectivity index (χ3v) is 12.5. The lowest BCUT2D eigenvalue weighted by Crippen LogP contribution is -2.62. The fourth-order valence-corrected chi connectivity index (χ4v) is 10.4. The normalized spacial score (nSPS) is 48.2. The summed E-state index contributed by atoms with van der Waals surface area (Å²) in [6, 6.07) is 0. The van der Waals surface area contributed by atoms with Crippen LogP contribution in [0.2, 0.25) is 0 Å². The number of aliphatic hydroxyl groups is 2. The summed E-state index contributed by atoms with van der Waals surface area (Å²) in [5, 5.41) is 30.1. The van der Waals surface area contributed by atoms with Gasteiger partial charge in [0, 0.05) is 12.3 Å². The SMILES string of the molecule is CC[C@H]1[C@@H](O)[C@@H]2[C@H](CC[C@]3(C)C([C@H](C)CCc4nc(C5CC5)n[nH]4)CC[C@@H]23)[C@@]2(C)CC[C@@H](O)C[C@@H]12. The number of nitrogens with one attached hydrogen (secondary N) is 1. The van der Waals surface area contributed by atoms with Crippen LogP contribution in [0.15, 0.2) is 0 Å². The van der Waals surface area contributed by atoms with Crippen LogP contribution in [0.3, 0.4) is 0 Å². The van der Waals surface area contributed by atoms with Crippen molar-refractivity contribution in [2.45, 2.75) is 123 Å². The number of aliphatic hydroxyl groups excluding tert-OH is 2. The molecule has 35 heavy (non-hydrogen) atoms. The third-order valence-electron chi connectivity index (χ3n) is 12.5. The van der Waals surface area contributed by atoms with E-state index in [1.54, 1.807) is 0 Å². The van der Waals surface area contributed by atoms with Gasteiger partial charge in [-0.1, -0.05) is 34.1 Å². The number of aryl methyl sites for hydroxylation is 1. The van der Waals surface area contributed by atoms with Crippen molar-refractivity contribution >= 4 is 0 Å². The predicted molar refractivity (Wildman–Crippen MR) is 138 cm³/mol. The van der Waals surface area contributed by atoms with Gasteiger partial charge < -0.3 is 10.2 Å². The fraction of sp³-hybridized carbons (Fsp3) is 0.933. The van der Waals surface area contributed by atoms with Crippen molar-refractivity contribution in [1.82, 2.24) is 15.2 Å². The number of hydrogen-bond acceptors (Lipinski definition) is 4. The highest BCUT2D eigenvalue weighted by molar-refractivity contribution is 5.13. The number of nitrogens with zero attached hydrogens (tertiary/aromatic N) is 2. The minimum absolute atomic E-state index is 0.166. The van der Waals surface area contributed by atoms with E-state index < -0.39 is 0 Å². The molecule has 0 amide bonds. The van der Waals surface area contributed by atoms with Gasteiger partial charge in [0.25, 0.3) is 0 Å². The molecule has 11 atom stereocenters. The van der Waals surface area contributed by atoms with Crippen LogP contribution in [0.25, 0.3) is 0 Å². The van der Waals surface area contributed by atoms with E-state index in [4.69, 9.17) is 4.98 Å². The maximum absolute atomic E-state index is 11.9. The van der Waals surface area contributed by atoms with E-state index in [2.05, 4.69) is 37.9 Å². The van der Waals surface area contributed by atoms with E-state index in [1.165, 1.54) is 44.9 Å². The fourth-order valence-electron chi connectivity index (χ4n) is 10.4. The smallest absolute Gasteiger partial charge is 0.153 e. The van der Waals surface area contributed by atoms with Gasteiger partial charge in [-0.3, -0.25) is 5.10 Å². The number of H-pyrrole nitrogens is 1. The summed E-state index contributed by atoms with van der Waals surface area (Å²) in [5.41, 5.74) is 0.637. The largest absolute Gasteiger partial charge is 0.393 e. The molecule has 5 fully saturated rings. The number of fused-ring (bicyclic) bond motifs is 5. The Morgan fingerprint density at radius 1 is 0.971 bits per heavy atom. The quantitative estimate of drug-likeness (QED) is 0.472. The maximum atomic E-state index is 11.9. The van der Waals surface area contributed by atoms with Gasteiger partial charge in [0.15, 0.2) is 5.82 Å². The Morgan fingerprint density at radius 3 is 2.46 bits per heavy atom. The Morgan fingerprint density at radius 2 is 1.71 bits per heavy atom. The molecule has 0 saturated heterocycles. The van der Waals surface area contributed by atoms with Gasteiger partial charge in [-0.05, 0) is 116 Å². The van der Waals surface area contributed by atoms with Crippen molar-refractivity contribution in [1.29, 1.82) is 0 Å². The number of hydrogen-bond donors (Lipinski definition) is 3. The van der Waals surface area contributed by atoms with Gasteiger partial charge >= 0.3 is 0 Å². The lowest BCUT2D eigenvalue weighted by molar-refractivity contribution is -0.203. The van der Waals surface area contributed by atoms with Crippen LogP contribution < -0.4 is 0 Å². The molecule has 196 valence electrons. The zero-order chi connectivity index (χ0) is 24.5. The summed E-state index contributed by atoms with van der Waals surface area (Å²) in [7, 11) is 0. The zero-order valence-electron chi connectivity index (χ0n) is 22.5. The lowest BCUT2D eigenvalue weighted by atomic mass is 9.41. The second-order valence-corrected chi connectivity index (χ2v) is 14.1. The average Bonchev–Trinajstić information content (AvgIpc) is 3.47. The van der Waals surface area contributed by atoms with Crippen LogP contribution in [0, 0.1) is 52.3 Å².